The van der Waals surface area contributed by atoms with Gasteiger partial charge in [0.05, 0.1) is 29.2 Å². The summed E-state index contributed by atoms with van der Waals surface area (Å²) in [6.45, 7) is 5.32. The number of morpholine rings is 1. The highest BCUT2D eigenvalue weighted by Crippen LogP contribution is 2.33. The number of ether oxygens (including phenoxy) is 3. The lowest BCUT2D eigenvalue weighted by Gasteiger charge is -2.30. The number of benzene rings is 2. The van der Waals surface area contributed by atoms with Crippen molar-refractivity contribution in [1.29, 1.82) is 0 Å². The summed E-state index contributed by atoms with van der Waals surface area (Å²) in [7, 11) is 0. The maximum Gasteiger partial charge on any atom is 0.227 e. The monoisotopic (exact) mass is 502 g/mol. The van der Waals surface area contributed by atoms with Crippen LogP contribution in [-0.2, 0) is 16.0 Å². The van der Waals surface area contributed by atoms with E-state index in [1.165, 1.54) is 0 Å². The average molecular weight is 504 g/mol. The van der Waals surface area contributed by atoms with Crippen LogP contribution in [0.4, 0.5) is 0 Å². The quantitative estimate of drug-likeness (QED) is 0.520. The van der Waals surface area contributed by atoms with Crippen molar-refractivity contribution < 1.29 is 19.0 Å². The van der Waals surface area contributed by atoms with Crippen LogP contribution in [0.25, 0.3) is 0 Å². The molecular formula is C23H29Cl3N2O4. The van der Waals surface area contributed by atoms with Crippen LogP contribution in [0, 0.1) is 12.8 Å². The molecule has 1 fully saturated rings. The average Bonchev–Trinajstić information content (AvgIpc) is 2.77. The number of hydrogen-bond donors (Lipinski definition) is 1. The Morgan fingerprint density at radius 3 is 2.28 bits per heavy atom. The van der Waals surface area contributed by atoms with Gasteiger partial charge in [-0.15, -0.1) is 12.4 Å². The van der Waals surface area contributed by atoms with Crippen molar-refractivity contribution in [3.8, 4) is 11.5 Å². The number of amides is 1. The molecule has 1 amide bonds. The summed E-state index contributed by atoms with van der Waals surface area (Å²) >= 11 is 12.4. The van der Waals surface area contributed by atoms with E-state index in [4.69, 9.17) is 43.1 Å². The lowest BCUT2D eigenvalue weighted by atomic mass is 9.97. The van der Waals surface area contributed by atoms with Gasteiger partial charge in [0.15, 0.2) is 5.75 Å². The molecule has 0 spiro atoms. The molecule has 0 saturated carbocycles. The highest BCUT2D eigenvalue weighted by molar-refractivity contribution is 6.37. The fourth-order valence-corrected chi connectivity index (χ4v) is 4.15. The molecule has 2 aromatic carbocycles. The maximum atomic E-state index is 12.7. The van der Waals surface area contributed by atoms with Gasteiger partial charge in [-0.3, -0.25) is 4.79 Å². The number of halogens is 3. The molecule has 0 bridgehead atoms. The summed E-state index contributed by atoms with van der Waals surface area (Å²) in [5.74, 6) is 1.04. The number of rotatable bonds is 9. The van der Waals surface area contributed by atoms with Crippen molar-refractivity contribution in [2.75, 3.05) is 46.1 Å². The second-order valence-electron chi connectivity index (χ2n) is 7.47. The van der Waals surface area contributed by atoms with E-state index in [1.807, 2.05) is 36.1 Å². The highest BCUT2D eigenvalue weighted by atomic mass is 35.5. The van der Waals surface area contributed by atoms with Crippen molar-refractivity contribution in [1.82, 2.24) is 4.90 Å². The van der Waals surface area contributed by atoms with Crippen LogP contribution < -0.4 is 15.2 Å². The Morgan fingerprint density at radius 1 is 1.09 bits per heavy atom. The zero-order valence-electron chi connectivity index (χ0n) is 18.0. The summed E-state index contributed by atoms with van der Waals surface area (Å²) in [5.41, 5.74) is 7.90. The van der Waals surface area contributed by atoms with E-state index >= 15 is 0 Å². The van der Waals surface area contributed by atoms with Gasteiger partial charge >= 0.3 is 0 Å². The van der Waals surface area contributed by atoms with E-state index in [9.17, 15) is 4.79 Å². The third-order valence-electron chi connectivity index (χ3n) is 5.10. The van der Waals surface area contributed by atoms with E-state index in [0.717, 1.165) is 16.9 Å². The van der Waals surface area contributed by atoms with E-state index in [-0.39, 0.29) is 24.2 Å². The second-order valence-corrected chi connectivity index (χ2v) is 8.29. The van der Waals surface area contributed by atoms with Crippen molar-refractivity contribution in [2.24, 2.45) is 11.7 Å². The molecule has 1 aliphatic rings. The van der Waals surface area contributed by atoms with Crippen molar-refractivity contribution >= 4 is 41.5 Å². The largest absolute Gasteiger partial charge is 0.490 e. The number of carbonyl (C=O) groups is 1. The Kier molecular flexibility index (Phi) is 10.9. The van der Waals surface area contributed by atoms with Gasteiger partial charge in [0.1, 0.15) is 19.0 Å². The van der Waals surface area contributed by atoms with Crippen LogP contribution in [0.3, 0.4) is 0 Å². The summed E-state index contributed by atoms with van der Waals surface area (Å²) in [5, 5.41) is 0.964. The molecular weight excluding hydrogens is 475 g/mol. The number of nitrogens with two attached hydrogens (primary N) is 1. The van der Waals surface area contributed by atoms with Crippen LogP contribution in [-0.4, -0.2) is 56.9 Å². The lowest BCUT2D eigenvalue weighted by Crippen LogP contribution is -2.45. The molecule has 0 aliphatic carbocycles. The Labute approximate surface area is 205 Å². The molecule has 6 nitrogen and oxygen atoms in total. The van der Waals surface area contributed by atoms with E-state index < -0.39 is 0 Å². The molecule has 1 unspecified atom stereocenters. The first-order valence-electron chi connectivity index (χ1n) is 10.3. The van der Waals surface area contributed by atoms with Gasteiger partial charge < -0.3 is 24.8 Å². The van der Waals surface area contributed by atoms with Crippen LogP contribution in [0.1, 0.15) is 11.1 Å². The van der Waals surface area contributed by atoms with Gasteiger partial charge in [-0.25, -0.2) is 0 Å². The minimum atomic E-state index is -0.234. The Balaban J connectivity index is 0.00000363. The van der Waals surface area contributed by atoms with Crippen LogP contribution in [0.5, 0.6) is 11.5 Å². The van der Waals surface area contributed by atoms with Crippen LogP contribution in [0.2, 0.25) is 10.0 Å². The minimum Gasteiger partial charge on any atom is -0.490 e. The first kappa shape index (κ1) is 26.6. The Bertz CT molecular complexity index is 851. The van der Waals surface area contributed by atoms with E-state index in [0.29, 0.717) is 68.3 Å². The van der Waals surface area contributed by atoms with Crippen LogP contribution in [0.15, 0.2) is 36.4 Å². The zero-order valence-corrected chi connectivity index (χ0v) is 20.3. The van der Waals surface area contributed by atoms with Crippen molar-refractivity contribution in [3.05, 3.63) is 57.6 Å². The van der Waals surface area contributed by atoms with Gasteiger partial charge in [-0.05, 0) is 48.7 Å². The smallest absolute Gasteiger partial charge is 0.227 e. The SMILES string of the molecule is Cc1cc(Cl)c(OCCOc2ccc(CC(CN)C(=O)N3CCOCC3)cc2)c(Cl)c1.Cl. The van der Waals surface area contributed by atoms with E-state index in [1.54, 1.807) is 12.1 Å². The molecule has 176 valence electrons. The molecule has 1 saturated heterocycles. The van der Waals surface area contributed by atoms with Gasteiger partial charge in [-0.2, -0.15) is 0 Å². The molecule has 0 aromatic heterocycles. The third-order valence-corrected chi connectivity index (χ3v) is 5.66. The predicted octanol–water partition coefficient (Wildman–Crippen LogP) is 4.16. The lowest BCUT2D eigenvalue weighted by molar-refractivity contribution is -0.139. The summed E-state index contributed by atoms with van der Waals surface area (Å²) in [6.07, 6.45) is 0.598. The molecule has 2 aromatic rings. The number of nitrogens with zero attached hydrogens (tertiary/aromatic N) is 1. The molecule has 32 heavy (non-hydrogen) atoms. The highest BCUT2D eigenvalue weighted by Gasteiger charge is 2.25. The standard InChI is InChI=1S/C23H28Cl2N2O4.ClH/c1-16-12-20(24)22(21(25)13-16)31-11-10-30-19-4-2-17(3-5-19)14-18(15-26)23(28)27-6-8-29-9-7-27;/h2-5,12-13,18H,6-11,14-15,26H2,1H3;1H. The molecule has 9 heteroatoms. The number of carbonyl (C=O) groups excluding carboxylic acids is 1. The summed E-state index contributed by atoms with van der Waals surface area (Å²) < 4.78 is 16.7. The normalized spacial score (nSPS) is 14.4. The van der Waals surface area contributed by atoms with Crippen LogP contribution >= 0.6 is 35.6 Å². The molecule has 1 atom stereocenters. The topological polar surface area (TPSA) is 74.0 Å². The predicted molar refractivity (Wildman–Crippen MR) is 130 cm³/mol. The molecule has 1 aliphatic heterocycles. The Hall–Kier alpha value is -1.70. The fourth-order valence-electron chi connectivity index (χ4n) is 3.45. The minimum absolute atomic E-state index is 0. The summed E-state index contributed by atoms with van der Waals surface area (Å²) in [4.78, 5) is 14.5. The Morgan fingerprint density at radius 2 is 1.69 bits per heavy atom. The first-order chi connectivity index (χ1) is 15.0. The first-order valence-corrected chi connectivity index (χ1v) is 11.1. The maximum absolute atomic E-state index is 12.7. The molecule has 1 heterocycles. The number of aryl methyl sites for hydroxylation is 1. The van der Waals surface area contributed by atoms with Gasteiger partial charge in [0.25, 0.3) is 0 Å². The molecule has 2 N–H and O–H groups in total. The van der Waals surface area contributed by atoms with Gasteiger partial charge in [-0.1, -0.05) is 35.3 Å². The fraction of sp³-hybridized carbons (Fsp3) is 0.435. The second kappa shape index (κ2) is 13.1. The molecule has 0 radical (unpaired) electrons. The van der Waals surface area contributed by atoms with Crippen molar-refractivity contribution in [3.63, 3.8) is 0 Å². The zero-order chi connectivity index (χ0) is 22.2. The third kappa shape index (κ3) is 7.42. The van der Waals surface area contributed by atoms with Crippen molar-refractivity contribution in [2.45, 2.75) is 13.3 Å². The van der Waals surface area contributed by atoms with Gasteiger partial charge in [0, 0.05) is 19.6 Å². The van der Waals surface area contributed by atoms with E-state index in [2.05, 4.69) is 0 Å². The number of hydrogen-bond acceptors (Lipinski definition) is 5. The van der Waals surface area contributed by atoms with Gasteiger partial charge in [0.2, 0.25) is 5.91 Å². The molecule has 3 rings (SSSR count). The summed E-state index contributed by atoms with van der Waals surface area (Å²) in [6, 6.07) is 11.3.